The Morgan fingerprint density at radius 2 is 0.880 bits per heavy atom. The molecule has 4 aromatic rings. The lowest BCUT2D eigenvalue weighted by Gasteiger charge is -2.53. The Morgan fingerprint density at radius 3 is 1.30 bits per heavy atom. The Kier molecular flexibility index (Phi) is 10.0. The lowest BCUT2D eigenvalue weighted by molar-refractivity contribution is -0.176. The van der Waals surface area contributed by atoms with Gasteiger partial charge in [-0.15, -0.1) is 0 Å². The van der Waals surface area contributed by atoms with Crippen molar-refractivity contribution < 1.29 is 19.8 Å². The van der Waals surface area contributed by atoms with Crippen molar-refractivity contribution >= 4 is 33.4 Å². The summed E-state index contributed by atoms with van der Waals surface area (Å²) in [6.45, 7) is 0. The first-order valence-corrected chi connectivity index (χ1v) is 19.3. The SMILES string of the molecule is NC(=O)C1(C(=O)N(C(c2cccc3ccccc23)C2(O)CCCCCC2)C(c2cccc3ccccc23)C2(O)CCCCCC2)CCCCC1. The van der Waals surface area contributed by atoms with Crippen LogP contribution < -0.4 is 5.73 Å². The molecule has 0 radical (unpaired) electrons. The number of fused-ring (bicyclic) bond motifs is 2. The maximum atomic E-state index is 16.1. The molecule has 0 aliphatic heterocycles. The van der Waals surface area contributed by atoms with Gasteiger partial charge in [-0.25, -0.2) is 0 Å². The van der Waals surface area contributed by atoms with Gasteiger partial charge in [-0.3, -0.25) is 9.59 Å². The molecular formula is C44H54N2O4. The Labute approximate surface area is 297 Å². The Morgan fingerprint density at radius 1 is 0.520 bits per heavy atom. The van der Waals surface area contributed by atoms with E-state index < -0.39 is 34.6 Å². The highest BCUT2D eigenvalue weighted by molar-refractivity contribution is 6.05. The highest BCUT2D eigenvalue weighted by atomic mass is 16.3. The van der Waals surface area contributed by atoms with Crippen LogP contribution in [0.1, 0.15) is 132 Å². The second kappa shape index (κ2) is 14.5. The van der Waals surface area contributed by atoms with Crippen LogP contribution in [-0.4, -0.2) is 38.1 Å². The van der Waals surface area contributed by atoms with Crippen molar-refractivity contribution in [1.29, 1.82) is 0 Å². The van der Waals surface area contributed by atoms with Gasteiger partial charge in [0.2, 0.25) is 11.8 Å². The summed E-state index contributed by atoms with van der Waals surface area (Å²) in [5, 5.41) is 30.6. The number of rotatable bonds is 8. The molecule has 264 valence electrons. The Balaban J connectivity index is 1.59. The summed E-state index contributed by atoms with van der Waals surface area (Å²) in [6.07, 6.45) is 12.6. The molecule has 7 rings (SSSR count). The number of hydrogen-bond donors (Lipinski definition) is 3. The summed E-state index contributed by atoms with van der Waals surface area (Å²) in [4.78, 5) is 31.8. The molecule has 3 fully saturated rings. The van der Waals surface area contributed by atoms with Crippen LogP contribution in [0.2, 0.25) is 0 Å². The maximum Gasteiger partial charge on any atom is 0.239 e. The van der Waals surface area contributed by atoms with E-state index in [0.717, 1.165) is 103 Å². The van der Waals surface area contributed by atoms with E-state index in [1.54, 1.807) is 0 Å². The van der Waals surface area contributed by atoms with Gasteiger partial charge in [-0.2, -0.15) is 0 Å². The molecule has 0 heterocycles. The molecular weight excluding hydrogens is 620 g/mol. The second-order valence-electron chi connectivity index (χ2n) is 15.7. The third-order valence-corrected chi connectivity index (χ3v) is 12.6. The molecule has 0 bridgehead atoms. The van der Waals surface area contributed by atoms with E-state index in [2.05, 4.69) is 48.5 Å². The number of amides is 2. The van der Waals surface area contributed by atoms with Crippen molar-refractivity contribution in [2.45, 2.75) is 132 Å². The normalized spacial score (nSPS) is 21.8. The average Bonchev–Trinajstić information content (AvgIpc) is 3.51. The van der Waals surface area contributed by atoms with Gasteiger partial charge in [-0.1, -0.05) is 156 Å². The number of aliphatic hydroxyl groups is 2. The van der Waals surface area contributed by atoms with E-state index in [1.807, 2.05) is 41.3 Å². The van der Waals surface area contributed by atoms with Crippen molar-refractivity contribution in [3.05, 3.63) is 96.1 Å². The molecule has 6 nitrogen and oxygen atoms in total. The van der Waals surface area contributed by atoms with E-state index in [-0.39, 0.29) is 5.91 Å². The zero-order valence-corrected chi connectivity index (χ0v) is 29.5. The van der Waals surface area contributed by atoms with Crippen LogP contribution in [0.5, 0.6) is 0 Å². The summed E-state index contributed by atoms with van der Waals surface area (Å²) >= 11 is 0. The quantitative estimate of drug-likeness (QED) is 0.128. The average molecular weight is 675 g/mol. The van der Waals surface area contributed by atoms with Gasteiger partial charge in [-0.05, 0) is 71.2 Å². The molecule has 0 spiro atoms. The van der Waals surface area contributed by atoms with E-state index in [1.165, 1.54) is 0 Å². The van der Waals surface area contributed by atoms with Crippen molar-refractivity contribution in [3.63, 3.8) is 0 Å². The summed E-state index contributed by atoms with van der Waals surface area (Å²) in [5.74, 6) is -0.933. The lowest BCUT2D eigenvalue weighted by Crippen LogP contribution is -2.61. The van der Waals surface area contributed by atoms with E-state index >= 15 is 4.79 Å². The summed E-state index contributed by atoms with van der Waals surface area (Å²) in [5.41, 5.74) is 4.06. The molecule has 4 N–H and O–H groups in total. The van der Waals surface area contributed by atoms with Gasteiger partial charge in [0.1, 0.15) is 5.41 Å². The topological polar surface area (TPSA) is 104 Å². The predicted octanol–water partition coefficient (Wildman–Crippen LogP) is 9.21. The molecule has 2 atom stereocenters. The monoisotopic (exact) mass is 674 g/mol. The van der Waals surface area contributed by atoms with Gasteiger partial charge >= 0.3 is 0 Å². The third kappa shape index (κ3) is 6.34. The van der Waals surface area contributed by atoms with E-state index in [4.69, 9.17) is 5.73 Å². The fraction of sp³-hybridized carbons (Fsp3) is 0.500. The van der Waals surface area contributed by atoms with Crippen LogP contribution >= 0.6 is 0 Å². The Hall–Kier alpha value is -3.74. The minimum atomic E-state index is -1.42. The predicted molar refractivity (Wildman–Crippen MR) is 200 cm³/mol. The first-order chi connectivity index (χ1) is 24.3. The van der Waals surface area contributed by atoms with Gasteiger partial charge in [0, 0.05) is 0 Å². The maximum absolute atomic E-state index is 16.1. The standard InChI is InChI=1S/C44H54N2O4/c45-40(47)42(26-10-5-11-27-42)41(48)46(38(43(49)28-12-1-2-13-29-43)36-24-16-20-32-18-6-8-22-34(32)36)39(44(50)30-14-3-4-15-31-44)37-25-17-21-33-19-7-9-23-35(33)37/h6-9,16-25,38-39,49-50H,1-5,10-15,26-31H2,(H2,45,47). The van der Waals surface area contributed by atoms with Crippen LogP contribution in [0, 0.1) is 5.41 Å². The number of hydrogen-bond acceptors (Lipinski definition) is 4. The number of carbonyl (C=O) groups excluding carboxylic acids is 2. The van der Waals surface area contributed by atoms with Crippen LogP contribution in [0.15, 0.2) is 84.9 Å². The fourth-order valence-electron chi connectivity index (χ4n) is 9.95. The molecule has 0 aromatic heterocycles. The first kappa shape index (κ1) is 34.7. The van der Waals surface area contributed by atoms with Crippen LogP contribution in [0.3, 0.4) is 0 Å². The minimum absolute atomic E-state index is 0.337. The summed E-state index contributed by atoms with van der Waals surface area (Å²) in [7, 11) is 0. The fourth-order valence-corrected chi connectivity index (χ4v) is 9.95. The van der Waals surface area contributed by atoms with Crippen molar-refractivity contribution in [3.8, 4) is 0 Å². The lowest BCUT2D eigenvalue weighted by atomic mass is 9.69. The Bertz CT molecular complexity index is 1690. The number of nitrogens with two attached hydrogens (primary N) is 1. The molecule has 6 heteroatoms. The van der Waals surface area contributed by atoms with Crippen molar-refractivity contribution in [1.82, 2.24) is 4.90 Å². The number of benzene rings is 4. The first-order valence-electron chi connectivity index (χ1n) is 19.3. The van der Waals surface area contributed by atoms with Gasteiger partial charge in [0.05, 0.1) is 23.3 Å². The largest absolute Gasteiger partial charge is 0.387 e. The number of primary amides is 1. The smallest absolute Gasteiger partial charge is 0.239 e. The second-order valence-corrected chi connectivity index (χ2v) is 15.7. The molecule has 3 saturated carbocycles. The summed E-state index contributed by atoms with van der Waals surface area (Å²) < 4.78 is 0. The molecule has 2 amide bonds. The van der Waals surface area contributed by atoms with E-state index in [0.29, 0.717) is 38.5 Å². The van der Waals surface area contributed by atoms with Crippen LogP contribution in [-0.2, 0) is 9.59 Å². The van der Waals surface area contributed by atoms with Crippen LogP contribution in [0.25, 0.3) is 21.5 Å². The van der Waals surface area contributed by atoms with E-state index in [9.17, 15) is 15.0 Å². The zero-order valence-electron chi connectivity index (χ0n) is 29.5. The summed E-state index contributed by atoms with van der Waals surface area (Å²) in [6, 6.07) is 27.0. The highest BCUT2D eigenvalue weighted by Crippen LogP contribution is 2.54. The van der Waals surface area contributed by atoms with Crippen molar-refractivity contribution in [2.24, 2.45) is 11.1 Å². The highest BCUT2D eigenvalue weighted by Gasteiger charge is 2.57. The van der Waals surface area contributed by atoms with Gasteiger partial charge < -0.3 is 20.8 Å². The molecule has 50 heavy (non-hydrogen) atoms. The molecule has 3 aliphatic carbocycles. The molecule has 2 unspecified atom stereocenters. The number of carbonyl (C=O) groups is 2. The van der Waals surface area contributed by atoms with Gasteiger partial charge in [0.15, 0.2) is 0 Å². The minimum Gasteiger partial charge on any atom is -0.387 e. The van der Waals surface area contributed by atoms with Crippen molar-refractivity contribution in [2.75, 3.05) is 0 Å². The van der Waals surface area contributed by atoms with Gasteiger partial charge in [0.25, 0.3) is 0 Å². The molecule has 3 aliphatic rings. The number of nitrogens with zero attached hydrogens (tertiary/aromatic N) is 1. The zero-order chi connectivity index (χ0) is 34.8. The molecule has 4 aromatic carbocycles. The molecule has 0 saturated heterocycles. The van der Waals surface area contributed by atoms with Crippen LogP contribution in [0.4, 0.5) is 0 Å². The third-order valence-electron chi connectivity index (χ3n) is 12.6.